The van der Waals surface area contributed by atoms with E-state index in [9.17, 15) is 5.11 Å². The number of hydrogen-bond acceptors (Lipinski definition) is 2. The summed E-state index contributed by atoms with van der Waals surface area (Å²) in [6.45, 7) is 3.60. The van der Waals surface area contributed by atoms with E-state index in [4.69, 9.17) is 4.74 Å². The molecule has 0 spiro atoms. The Labute approximate surface area is 168 Å². The third-order valence-corrected chi connectivity index (χ3v) is 6.79. The maximum atomic E-state index is 9.76. The number of aliphatic hydroxyl groups excluding tert-OH is 1. The van der Waals surface area contributed by atoms with Crippen LogP contribution in [0.3, 0.4) is 0 Å². The monoisotopic (exact) mass is 428 g/mol. The van der Waals surface area contributed by atoms with Crippen molar-refractivity contribution in [3.63, 3.8) is 0 Å². The van der Waals surface area contributed by atoms with Gasteiger partial charge in [-0.3, -0.25) is 0 Å². The quantitative estimate of drug-likeness (QED) is 0.137. The maximum absolute atomic E-state index is 9.76. The molecule has 26 heavy (non-hydrogen) atoms. The average molecular weight is 429 g/mol. The zero-order chi connectivity index (χ0) is 19.3. The van der Waals surface area contributed by atoms with Crippen molar-refractivity contribution in [1.29, 1.82) is 0 Å². The molecular weight excluding hydrogens is 383 g/mol. The van der Waals surface area contributed by atoms with Gasteiger partial charge in [-0.2, -0.15) is 0 Å². The normalized spacial score (nSPS) is 13.4. The van der Waals surface area contributed by atoms with Gasteiger partial charge in [0.15, 0.2) is 0 Å². The van der Waals surface area contributed by atoms with Crippen molar-refractivity contribution in [3.8, 4) is 0 Å². The summed E-state index contributed by atoms with van der Waals surface area (Å²) in [5.41, 5.74) is 4.55. The van der Waals surface area contributed by atoms with Crippen LogP contribution in [-0.2, 0) is 4.74 Å². The molecule has 2 nitrogen and oxygen atoms in total. The van der Waals surface area contributed by atoms with Gasteiger partial charge in [0.25, 0.3) is 0 Å². The molecule has 0 aliphatic rings. The van der Waals surface area contributed by atoms with Crippen molar-refractivity contribution >= 4 is 14.7 Å². The molecule has 0 aromatic heterocycles. The van der Waals surface area contributed by atoms with Crippen LogP contribution >= 0.6 is 0 Å². The number of aliphatic hydroxyl groups is 1. The zero-order valence-electron chi connectivity index (χ0n) is 17.8. The Bertz CT molecular complexity index is 326. The number of hydrogen-bond donors (Lipinski definition) is 1. The fourth-order valence-electron chi connectivity index (χ4n) is 2.89. The molecule has 0 fully saturated rings. The van der Waals surface area contributed by atoms with Gasteiger partial charge in [-0.05, 0) is 19.3 Å². The van der Waals surface area contributed by atoms with E-state index in [1.165, 1.54) is 64.2 Å². The van der Waals surface area contributed by atoms with Gasteiger partial charge >= 0.3 is 105 Å². The van der Waals surface area contributed by atoms with E-state index in [1.807, 2.05) is 0 Å². The van der Waals surface area contributed by atoms with Crippen molar-refractivity contribution in [3.05, 3.63) is 24.3 Å². The van der Waals surface area contributed by atoms with Gasteiger partial charge in [0.1, 0.15) is 0 Å². The number of allylic oxidation sites excluding steroid dienone is 4. The molecule has 0 aromatic rings. The first-order chi connectivity index (χ1) is 12.7. The summed E-state index contributed by atoms with van der Waals surface area (Å²) in [5.74, 6) is 0. The molecule has 1 atom stereocenters. The van der Waals surface area contributed by atoms with Gasteiger partial charge < -0.3 is 0 Å². The first-order valence-corrected chi connectivity index (χ1v) is 15.9. The van der Waals surface area contributed by atoms with Gasteiger partial charge in [-0.1, -0.05) is 44.1 Å². The van der Waals surface area contributed by atoms with E-state index in [0.29, 0.717) is 6.61 Å². The van der Waals surface area contributed by atoms with Crippen LogP contribution in [0.2, 0.25) is 16.6 Å². The Balaban J connectivity index is 3.20. The van der Waals surface area contributed by atoms with Crippen molar-refractivity contribution in [2.24, 2.45) is 0 Å². The summed E-state index contributed by atoms with van der Waals surface area (Å²) in [7, 11) is 0. The van der Waals surface area contributed by atoms with Gasteiger partial charge in [-0.15, -0.1) is 0 Å². The summed E-state index contributed by atoms with van der Waals surface area (Å²) in [6, 6.07) is 0. The van der Waals surface area contributed by atoms with Gasteiger partial charge in [-0.25, -0.2) is 0 Å². The minimum absolute atomic E-state index is 0.227. The van der Waals surface area contributed by atoms with Crippen LogP contribution in [0.4, 0.5) is 0 Å². The Morgan fingerprint density at radius 3 is 2.00 bits per heavy atom. The molecule has 0 saturated heterocycles. The fraction of sp³-hybridized carbons (Fsp3) is 0.826. The molecule has 0 bridgehead atoms. The van der Waals surface area contributed by atoms with Crippen molar-refractivity contribution in [2.75, 3.05) is 13.2 Å². The standard InChI is InChI=1S/C23H45AsO2/c1-4-5-6-7-8-9-10-11-12-13-14-15-16-17-18-19-20-26-22-23(25)21-24(2)3/h8-9,11-12,23,25H,4-7,10,13-22H2,1-3H3. The van der Waals surface area contributed by atoms with Crippen molar-refractivity contribution < 1.29 is 9.84 Å². The van der Waals surface area contributed by atoms with Crippen LogP contribution in [0.25, 0.3) is 0 Å². The molecule has 1 N–H and O–H groups in total. The molecule has 0 aromatic carbocycles. The predicted octanol–water partition coefficient (Wildman–Crippen LogP) is 6.93. The molecule has 0 aliphatic carbocycles. The van der Waals surface area contributed by atoms with Crippen LogP contribution < -0.4 is 0 Å². The third-order valence-electron chi connectivity index (χ3n) is 4.38. The fourth-order valence-corrected chi connectivity index (χ4v) is 4.88. The second-order valence-corrected chi connectivity index (χ2v) is 12.9. The summed E-state index contributed by atoms with van der Waals surface area (Å²) in [4.78, 5) is 0. The molecule has 0 heterocycles. The zero-order valence-corrected chi connectivity index (χ0v) is 19.7. The molecule has 0 rings (SSSR count). The molecule has 0 amide bonds. The van der Waals surface area contributed by atoms with Crippen molar-refractivity contribution in [2.45, 2.75) is 107 Å². The molecular formula is C23H45AsO2. The second-order valence-electron chi connectivity index (χ2n) is 7.58. The Kier molecular flexibility index (Phi) is 21.2. The van der Waals surface area contributed by atoms with E-state index >= 15 is 0 Å². The second kappa shape index (κ2) is 21.3. The molecule has 154 valence electrons. The Morgan fingerprint density at radius 1 is 0.808 bits per heavy atom. The summed E-state index contributed by atoms with van der Waals surface area (Å²) >= 11 is -0.725. The van der Waals surface area contributed by atoms with E-state index in [2.05, 4.69) is 42.7 Å². The van der Waals surface area contributed by atoms with E-state index in [0.717, 1.165) is 24.7 Å². The molecule has 0 aliphatic heterocycles. The number of ether oxygens (including phenoxy) is 1. The average Bonchev–Trinajstić information content (AvgIpc) is 2.60. The summed E-state index contributed by atoms with van der Waals surface area (Å²) in [6.07, 6.45) is 24.3. The van der Waals surface area contributed by atoms with Crippen LogP contribution in [-0.4, -0.2) is 39.1 Å². The van der Waals surface area contributed by atoms with Crippen LogP contribution in [0.15, 0.2) is 24.3 Å². The molecule has 1 unspecified atom stereocenters. The first-order valence-electron chi connectivity index (χ1n) is 10.9. The summed E-state index contributed by atoms with van der Waals surface area (Å²) < 4.78 is 5.57. The third kappa shape index (κ3) is 22.0. The van der Waals surface area contributed by atoms with E-state index < -0.39 is 14.7 Å². The topological polar surface area (TPSA) is 29.5 Å². The van der Waals surface area contributed by atoms with Crippen LogP contribution in [0.1, 0.15) is 84.0 Å². The number of unbranched alkanes of at least 4 members (excludes halogenated alkanes) is 9. The molecule has 0 radical (unpaired) electrons. The van der Waals surface area contributed by atoms with Crippen LogP contribution in [0, 0.1) is 0 Å². The van der Waals surface area contributed by atoms with Crippen molar-refractivity contribution in [1.82, 2.24) is 0 Å². The summed E-state index contributed by atoms with van der Waals surface area (Å²) in [5, 5.41) is 10.7. The van der Waals surface area contributed by atoms with E-state index in [1.54, 1.807) is 0 Å². The van der Waals surface area contributed by atoms with Crippen LogP contribution in [0.5, 0.6) is 0 Å². The Morgan fingerprint density at radius 2 is 1.38 bits per heavy atom. The Hall–Kier alpha value is -0.0416. The predicted molar refractivity (Wildman–Crippen MR) is 118 cm³/mol. The minimum atomic E-state index is -0.725. The van der Waals surface area contributed by atoms with Gasteiger partial charge in [0.05, 0.1) is 0 Å². The molecule has 0 saturated carbocycles. The first kappa shape index (κ1) is 26.0. The van der Waals surface area contributed by atoms with Gasteiger partial charge in [0.2, 0.25) is 0 Å². The van der Waals surface area contributed by atoms with E-state index in [-0.39, 0.29) is 6.10 Å². The SMILES string of the molecule is CCCCCC=CCC=CCCCCCCCCOCC(O)C[As](C)C. The number of rotatable bonds is 19. The van der Waals surface area contributed by atoms with Gasteiger partial charge in [0, 0.05) is 0 Å². The molecule has 3 heteroatoms.